The Balaban J connectivity index is 1.76. The molecule has 1 saturated heterocycles. The van der Waals surface area contributed by atoms with Gasteiger partial charge in [-0.2, -0.15) is 5.26 Å². The minimum atomic E-state index is 0.359. The number of nitrogens with zero attached hydrogens (tertiary/aromatic N) is 1. The standard InChI is InChI=1S/C14H18ClN3O/c15-13-2-1-3-14(12(13)10-16)18-8-9-19-11-4-6-17-7-5-11/h1-3,11,17-18H,4-9H2. The van der Waals surface area contributed by atoms with E-state index in [9.17, 15) is 0 Å². The fourth-order valence-electron chi connectivity index (χ4n) is 2.16. The van der Waals surface area contributed by atoms with Gasteiger partial charge in [0, 0.05) is 6.54 Å². The minimum absolute atomic E-state index is 0.359. The van der Waals surface area contributed by atoms with E-state index in [0.29, 0.717) is 29.8 Å². The van der Waals surface area contributed by atoms with Crippen molar-refractivity contribution in [1.29, 1.82) is 5.26 Å². The summed E-state index contributed by atoms with van der Waals surface area (Å²) in [4.78, 5) is 0. The molecule has 1 aromatic carbocycles. The molecule has 19 heavy (non-hydrogen) atoms. The van der Waals surface area contributed by atoms with E-state index in [1.54, 1.807) is 6.07 Å². The van der Waals surface area contributed by atoms with Gasteiger partial charge in [0.15, 0.2) is 0 Å². The van der Waals surface area contributed by atoms with Crippen molar-refractivity contribution < 1.29 is 4.74 Å². The number of hydrogen-bond acceptors (Lipinski definition) is 4. The molecular formula is C14H18ClN3O. The molecule has 0 atom stereocenters. The van der Waals surface area contributed by atoms with Crippen molar-refractivity contribution in [2.24, 2.45) is 0 Å². The van der Waals surface area contributed by atoms with Crippen molar-refractivity contribution >= 4 is 17.3 Å². The molecule has 0 spiro atoms. The van der Waals surface area contributed by atoms with Crippen LogP contribution >= 0.6 is 11.6 Å². The summed E-state index contributed by atoms with van der Waals surface area (Å²) in [6.45, 7) is 3.39. The van der Waals surface area contributed by atoms with Crippen LogP contribution < -0.4 is 10.6 Å². The van der Waals surface area contributed by atoms with Crippen LogP contribution in [0.3, 0.4) is 0 Å². The largest absolute Gasteiger partial charge is 0.382 e. The van der Waals surface area contributed by atoms with Crippen molar-refractivity contribution in [2.45, 2.75) is 18.9 Å². The lowest BCUT2D eigenvalue weighted by atomic mass is 10.1. The van der Waals surface area contributed by atoms with Crippen LogP contribution in [0.5, 0.6) is 0 Å². The molecule has 5 heteroatoms. The molecule has 102 valence electrons. The molecule has 1 aromatic rings. The first kappa shape index (κ1) is 14.1. The SMILES string of the molecule is N#Cc1c(Cl)cccc1NCCOC1CCNCC1. The molecule has 1 aliphatic rings. The molecule has 2 rings (SSSR count). The quantitative estimate of drug-likeness (QED) is 0.813. The number of anilines is 1. The molecular weight excluding hydrogens is 262 g/mol. The van der Waals surface area contributed by atoms with Gasteiger partial charge in [0.1, 0.15) is 6.07 Å². The van der Waals surface area contributed by atoms with Crippen LogP contribution in [-0.4, -0.2) is 32.3 Å². The molecule has 1 fully saturated rings. The van der Waals surface area contributed by atoms with Crippen LogP contribution in [0.1, 0.15) is 18.4 Å². The molecule has 1 aliphatic heterocycles. The average molecular weight is 280 g/mol. The fourth-order valence-corrected chi connectivity index (χ4v) is 2.38. The lowest BCUT2D eigenvalue weighted by Crippen LogP contribution is -2.33. The third kappa shape index (κ3) is 4.10. The zero-order valence-corrected chi connectivity index (χ0v) is 11.5. The van der Waals surface area contributed by atoms with Crippen molar-refractivity contribution in [1.82, 2.24) is 5.32 Å². The fraction of sp³-hybridized carbons (Fsp3) is 0.500. The van der Waals surface area contributed by atoms with Gasteiger partial charge in [-0.05, 0) is 38.1 Å². The van der Waals surface area contributed by atoms with E-state index in [-0.39, 0.29) is 0 Å². The van der Waals surface area contributed by atoms with Crippen LogP contribution in [0.25, 0.3) is 0 Å². The maximum Gasteiger partial charge on any atom is 0.103 e. The number of ether oxygens (including phenoxy) is 1. The summed E-state index contributed by atoms with van der Waals surface area (Å²) in [5, 5.41) is 16.0. The Labute approximate surface area is 118 Å². The Kier molecular flexibility index (Phi) is 5.46. The van der Waals surface area contributed by atoms with Crippen LogP contribution in [0.15, 0.2) is 18.2 Å². The molecule has 0 unspecified atom stereocenters. The Morgan fingerprint density at radius 1 is 1.42 bits per heavy atom. The zero-order valence-electron chi connectivity index (χ0n) is 10.8. The van der Waals surface area contributed by atoms with E-state index >= 15 is 0 Å². The van der Waals surface area contributed by atoms with Crippen molar-refractivity contribution in [3.8, 4) is 6.07 Å². The molecule has 0 aromatic heterocycles. The topological polar surface area (TPSA) is 57.1 Å². The summed E-state index contributed by atoms with van der Waals surface area (Å²) in [7, 11) is 0. The monoisotopic (exact) mass is 279 g/mol. The first-order valence-electron chi connectivity index (χ1n) is 6.56. The first-order chi connectivity index (χ1) is 9.31. The lowest BCUT2D eigenvalue weighted by molar-refractivity contribution is 0.0394. The van der Waals surface area contributed by atoms with Gasteiger partial charge in [-0.3, -0.25) is 0 Å². The van der Waals surface area contributed by atoms with Crippen LogP contribution in [0.4, 0.5) is 5.69 Å². The molecule has 0 amide bonds. The second-order valence-corrected chi connectivity index (χ2v) is 4.93. The number of nitriles is 1. The van der Waals surface area contributed by atoms with E-state index in [1.807, 2.05) is 12.1 Å². The molecule has 0 radical (unpaired) electrons. The Morgan fingerprint density at radius 2 is 2.21 bits per heavy atom. The highest BCUT2D eigenvalue weighted by molar-refractivity contribution is 6.32. The van der Waals surface area contributed by atoms with Crippen LogP contribution in [0.2, 0.25) is 5.02 Å². The molecule has 0 saturated carbocycles. The molecule has 0 bridgehead atoms. The van der Waals surface area contributed by atoms with Crippen molar-refractivity contribution in [3.63, 3.8) is 0 Å². The summed E-state index contributed by atoms with van der Waals surface area (Å²) in [5.41, 5.74) is 1.26. The van der Waals surface area contributed by atoms with Gasteiger partial charge >= 0.3 is 0 Å². The number of halogens is 1. The Bertz CT molecular complexity index is 452. The number of rotatable bonds is 5. The Hall–Kier alpha value is -1.28. The number of piperidine rings is 1. The number of nitrogens with one attached hydrogen (secondary N) is 2. The van der Waals surface area contributed by atoms with Gasteiger partial charge < -0.3 is 15.4 Å². The first-order valence-corrected chi connectivity index (χ1v) is 6.94. The summed E-state index contributed by atoms with van der Waals surface area (Å²) in [5.74, 6) is 0. The smallest absolute Gasteiger partial charge is 0.103 e. The number of benzene rings is 1. The minimum Gasteiger partial charge on any atom is -0.382 e. The van der Waals surface area contributed by atoms with Gasteiger partial charge in [-0.15, -0.1) is 0 Å². The van der Waals surface area contributed by atoms with E-state index < -0.39 is 0 Å². The highest BCUT2D eigenvalue weighted by Gasteiger charge is 2.12. The van der Waals surface area contributed by atoms with Crippen LogP contribution in [0, 0.1) is 11.3 Å². The van der Waals surface area contributed by atoms with E-state index in [4.69, 9.17) is 21.6 Å². The summed E-state index contributed by atoms with van der Waals surface area (Å²) >= 11 is 5.96. The molecule has 2 N–H and O–H groups in total. The van der Waals surface area contributed by atoms with Gasteiger partial charge in [-0.25, -0.2) is 0 Å². The van der Waals surface area contributed by atoms with Gasteiger partial charge in [-0.1, -0.05) is 17.7 Å². The predicted octanol–water partition coefficient (Wildman–Crippen LogP) is 2.39. The third-order valence-corrected chi connectivity index (χ3v) is 3.50. The van der Waals surface area contributed by atoms with E-state index in [2.05, 4.69) is 16.7 Å². The maximum absolute atomic E-state index is 9.05. The summed E-state index contributed by atoms with van der Waals surface area (Å²) < 4.78 is 5.79. The van der Waals surface area contributed by atoms with Gasteiger partial charge in [0.2, 0.25) is 0 Å². The highest BCUT2D eigenvalue weighted by atomic mass is 35.5. The normalized spacial score (nSPS) is 16.0. The van der Waals surface area contributed by atoms with Gasteiger partial charge in [0.25, 0.3) is 0 Å². The number of hydrogen-bond donors (Lipinski definition) is 2. The van der Waals surface area contributed by atoms with Crippen LogP contribution in [-0.2, 0) is 4.74 Å². The second-order valence-electron chi connectivity index (χ2n) is 4.52. The van der Waals surface area contributed by atoms with Crippen molar-refractivity contribution in [3.05, 3.63) is 28.8 Å². The van der Waals surface area contributed by atoms with E-state index in [1.165, 1.54) is 0 Å². The molecule has 4 nitrogen and oxygen atoms in total. The van der Waals surface area contributed by atoms with Gasteiger partial charge in [0.05, 0.1) is 29.0 Å². The average Bonchev–Trinajstić information content (AvgIpc) is 2.45. The molecule has 0 aliphatic carbocycles. The summed E-state index contributed by atoms with van der Waals surface area (Å²) in [6, 6.07) is 7.52. The Morgan fingerprint density at radius 3 is 2.95 bits per heavy atom. The van der Waals surface area contributed by atoms with Crippen molar-refractivity contribution in [2.75, 3.05) is 31.6 Å². The summed E-state index contributed by atoms with van der Waals surface area (Å²) in [6.07, 6.45) is 2.50. The highest BCUT2D eigenvalue weighted by Crippen LogP contribution is 2.22. The predicted molar refractivity (Wildman–Crippen MR) is 76.5 cm³/mol. The van der Waals surface area contributed by atoms with E-state index in [0.717, 1.165) is 31.6 Å². The second kappa shape index (κ2) is 7.34. The lowest BCUT2D eigenvalue weighted by Gasteiger charge is -2.23. The molecule has 1 heterocycles. The maximum atomic E-state index is 9.05. The third-order valence-electron chi connectivity index (χ3n) is 3.18. The zero-order chi connectivity index (χ0) is 13.5.